The first kappa shape index (κ1) is 25.2. The molecule has 1 N–H and O–H groups in total. The Hall–Kier alpha value is -4.47. The van der Waals surface area contributed by atoms with Crippen molar-refractivity contribution in [2.45, 2.75) is 31.9 Å². The standard InChI is InChI=1S/C28H25F2N5O3/c1-17-14-19(15-22-24(17)33-12-11-31-22)27(37)35-13-9-21(20(16-35)18-6-3-2-4-7-18)34-26(36)25-23(38-28(29)30)8-5-10-32-25/h2-8,10-12,14-15,20-21,28H,9,13,16H2,1H3,(H,34,36)/t20-,21-/m1/s1. The number of carbonyl (C=O) groups excluding carboxylic acids is 2. The van der Waals surface area contributed by atoms with Crippen LogP contribution in [0.5, 0.6) is 5.75 Å². The maximum absolute atomic E-state index is 13.6. The Morgan fingerprint density at radius 3 is 2.61 bits per heavy atom. The van der Waals surface area contributed by atoms with E-state index in [2.05, 4.69) is 25.0 Å². The Bertz CT molecular complexity index is 1470. The zero-order valence-electron chi connectivity index (χ0n) is 20.6. The molecule has 2 aromatic carbocycles. The molecule has 0 bridgehead atoms. The quantitative estimate of drug-likeness (QED) is 0.408. The van der Waals surface area contributed by atoms with Gasteiger partial charge in [0.25, 0.3) is 11.8 Å². The number of nitrogens with one attached hydrogen (secondary N) is 1. The zero-order chi connectivity index (χ0) is 26.6. The minimum absolute atomic E-state index is 0.135. The van der Waals surface area contributed by atoms with Gasteiger partial charge in [-0.3, -0.25) is 19.6 Å². The first-order valence-corrected chi connectivity index (χ1v) is 12.2. The number of benzene rings is 2. The average molecular weight is 518 g/mol. The normalized spacial score (nSPS) is 17.4. The minimum atomic E-state index is -3.08. The molecule has 1 saturated heterocycles. The number of likely N-dealkylation sites (tertiary alicyclic amines) is 1. The van der Waals surface area contributed by atoms with E-state index in [1.807, 2.05) is 43.3 Å². The lowest BCUT2D eigenvalue weighted by atomic mass is 9.85. The molecule has 0 unspecified atom stereocenters. The van der Waals surface area contributed by atoms with Crippen molar-refractivity contribution in [1.29, 1.82) is 0 Å². The lowest BCUT2D eigenvalue weighted by Gasteiger charge is -2.39. The molecule has 0 aliphatic carbocycles. The van der Waals surface area contributed by atoms with Crippen LogP contribution in [0.1, 0.15) is 44.3 Å². The largest absolute Gasteiger partial charge is 0.432 e. The monoisotopic (exact) mass is 517 g/mol. The van der Waals surface area contributed by atoms with Gasteiger partial charge in [0.1, 0.15) is 0 Å². The summed E-state index contributed by atoms with van der Waals surface area (Å²) in [6.07, 6.45) is 5.02. The molecular weight excluding hydrogens is 492 g/mol. The van der Waals surface area contributed by atoms with Gasteiger partial charge < -0.3 is 15.0 Å². The Kier molecular flexibility index (Phi) is 7.21. The predicted molar refractivity (Wildman–Crippen MR) is 136 cm³/mol. The van der Waals surface area contributed by atoms with E-state index in [9.17, 15) is 18.4 Å². The Labute approximate surface area is 217 Å². The molecule has 1 fully saturated rings. The number of ether oxygens (including phenoxy) is 1. The number of rotatable bonds is 6. The van der Waals surface area contributed by atoms with Gasteiger partial charge in [-0.15, -0.1) is 0 Å². The Morgan fingerprint density at radius 2 is 1.82 bits per heavy atom. The number of hydrogen-bond donors (Lipinski definition) is 1. The van der Waals surface area contributed by atoms with E-state index in [1.54, 1.807) is 23.4 Å². The first-order chi connectivity index (χ1) is 18.4. The van der Waals surface area contributed by atoms with Gasteiger partial charge in [0.15, 0.2) is 11.4 Å². The molecule has 0 spiro atoms. The van der Waals surface area contributed by atoms with Gasteiger partial charge in [0.2, 0.25) is 0 Å². The molecule has 2 amide bonds. The molecule has 5 rings (SSSR count). The molecule has 38 heavy (non-hydrogen) atoms. The highest BCUT2D eigenvalue weighted by Gasteiger charge is 2.35. The summed E-state index contributed by atoms with van der Waals surface area (Å²) in [7, 11) is 0. The molecular formula is C28H25F2N5O3. The number of piperidine rings is 1. The second-order valence-corrected chi connectivity index (χ2v) is 9.08. The van der Waals surface area contributed by atoms with Crippen LogP contribution in [0.2, 0.25) is 0 Å². The smallest absolute Gasteiger partial charge is 0.387 e. The van der Waals surface area contributed by atoms with E-state index in [4.69, 9.17) is 0 Å². The van der Waals surface area contributed by atoms with Crippen molar-refractivity contribution in [2.75, 3.05) is 13.1 Å². The van der Waals surface area contributed by atoms with Gasteiger partial charge in [-0.25, -0.2) is 4.98 Å². The summed E-state index contributed by atoms with van der Waals surface area (Å²) in [5.41, 5.74) is 3.50. The highest BCUT2D eigenvalue weighted by molar-refractivity contribution is 5.98. The summed E-state index contributed by atoms with van der Waals surface area (Å²) in [6.45, 7) is -0.436. The summed E-state index contributed by atoms with van der Waals surface area (Å²) in [6, 6.07) is 15.5. The van der Waals surface area contributed by atoms with Crippen LogP contribution in [-0.2, 0) is 0 Å². The maximum atomic E-state index is 13.6. The van der Waals surface area contributed by atoms with E-state index in [-0.39, 0.29) is 29.3 Å². The highest BCUT2D eigenvalue weighted by Crippen LogP contribution is 2.30. The van der Waals surface area contributed by atoms with Gasteiger partial charge in [-0.1, -0.05) is 30.3 Å². The fraction of sp³-hybridized carbons (Fsp3) is 0.250. The van der Waals surface area contributed by atoms with Gasteiger partial charge in [0.05, 0.1) is 11.0 Å². The number of fused-ring (bicyclic) bond motifs is 1. The van der Waals surface area contributed by atoms with Crippen LogP contribution in [0.25, 0.3) is 11.0 Å². The molecule has 0 saturated carbocycles. The summed E-state index contributed by atoms with van der Waals surface area (Å²) < 4.78 is 30.2. The average Bonchev–Trinajstić information content (AvgIpc) is 2.93. The zero-order valence-corrected chi connectivity index (χ0v) is 20.6. The molecule has 1 aliphatic heterocycles. The lowest BCUT2D eigenvalue weighted by molar-refractivity contribution is -0.0504. The number of aromatic nitrogens is 3. The molecule has 10 heteroatoms. The van der Waals surface area contributed by atoms with E-state index in [1.165, 1.54) is 18.3 Å². The molecule has 3 heterocycles. The van der Waals surface area contributed by atoms with Crippen molar-refractivity contribution in [3.05, 3.63) is 95.6 Å². The number of pyridine rings is 1. The van der Waals surface area contributed by atoms with Crippen LogP contribution in [-0.4, -0.2) is 57.4 Å². The van der Waals surface area contributed by atoms with Crippen LogP contribution in [0.4, 0.5) is 8.78 Å². The Balaban J connectivity index is 1.39. The van der Waals surface area contributed by atoms with Crippen molar-refractivity contribution in [3.63, 3.8) is 0 Å². The number of alkyl halides is 2. The van der Waals surface area contributed by atoms with Gasteiger partial charge in [-0.2, -0.15) is 8.78 Å². The summed E-state index contributed by atoms with van der Waals surface area (Å²) >= 11 is 0. The third-order valence-corrected chi connectivity index (χ3v) is 6.66. The van der Waals surface area contributed by atoms with E-state index >= 15 is 0 Å². The van der Waals surface area contributed by atoms with E-state index in [0.717, 1.165) is 16.6 Å². The third kappa shape index (κ3) is 5.29. The maximum Gasteiger partial charge on any atom is 0.387 e. The molecule has 0 radical (unpaired) electrons. The number of halogens is 2. The van der Waals surface area contributed by atoms with Crippen molar-refractivity contribution < 1.29 is 23.1 Å². The number of hydrogen-bond acceptors (Lipinski definition) is 6. The van der Waals surface area contributed by atoms with Gasteiger partial charge >= 0.3 is 6.61 Å². The van der Waals surface area contributed by atoms with Crippen LogP contribution < -0.4 is 10.1 Å². The van der Waals surface area contributed by atoms with Gasteiger partial charge in [-0.05, 0) is 48.7 Å². The molecule has 8 nitrogen and oxygen atoms in total. The molecule has 1 aliphatic rings. The summed E-state index contributed by atoms with van der Waals surface area (Å²) in [5, 5.41) is 2.95. The SMILES string of the molecule is Cc1cc(C(=O)N2CC[C@@H](NC(=O)c3ncccc3OC(F)F)[C@@H](c3ccccc3)C2)cc2nccnc12. The molecule has 4 aromatic rings. The first-order valence-electron chi connectivity index (χ1n) is 12.2. The number of aryl methyl sites for hydroxylation is 1. The topological polar surface area (TPSA) is 97.3 Å². The molecule has 194 valence electrons. The second-order valence-electron chi connectivity index (χ2n) is 9.08. The van der Waals surface area contributed by atoms with Crippen LogP contribution in [0.3, 0.4) is 0 Å². The summed E-state index contributed by atoms with van der Waals surface area (Å²) in [5.74, 6) is -1.28. The third-order valence-electron chi connectivity index (χ3n) is 6.66. The van der Waals surface area contributed by atoms with Gasteiger partial charge in [0, 0.05) is 49.2 Å². The number of nitrogens with zero attached hydrogens (tertiary/aromatic N) is 4. The molecule has 2 aromatic heterocycles. The predicted octanol–water partition coefficient (Wildman–Crippen LogP) is 4.36. The van der Waals surface area contributed by atoms with Crippen LogP contribution in [0.15, 0.2) is 73.2 Å². The number of carbonyl (C=O) groups is 2. The Morgan fingerprint density at radius 1 is 1.03 bits per heavy atom. The van der Waals surface area contributed by atoms with Crippen molar-refractivity contribution in [1.82, 2.24) is 25.2 Å². The second kappa shape index (κ2) is 10.9. The van der Waals surface area contributed by atoms with Crippen LogP contribution >= 0.6 is 0 Å². The van der Waals surface area contributed by atoms with Crippen molar-refractivity contribution in [2.24, 2.45) is 0 Å². The van der Waals surface area contributed by atoms with Crippen molar-refractivity contribution >= 4 is 22.8 Å². The van der Waals surface area contributed by atoms with E-state index < -0.39 is 12.5 Å². The number of amides is 2. The lowest BCUT2D eigenvalue weighted by Crippen LogP contribution is -2.51. The fourth-order valence-electron chi connectivity index (χ4n) is 4.89. The van der Waals surface area contributed by atoms with Crippen LogP contribution in [0, 0.1) is 6.92 Å². The fourth-order valence-corrected chi connectivity index (χ4v) is 4.89. The molecule has 2 atom stereocenters. The summed E-state index contributed by atoms with van der Waals surface area (Å²) in [4.78, 5) is 41.1. The highest BCUT2D eigenvalue weighted by atomic mass is 19.3. The van der Waals surface area contributed by atoms with E-state index in [0.29, 0.717) is 30.6 Å². The van der Waals surface area contributed by atoms with Crippen molar-refractivity contribution in [3.8, 4) is 5.75 Å². The minimum Gasteiger partial charge on any atom is -0.432 e.